The molecule has 1 atom stereocenters. The molecule has 0 saturated heterocycles. The Balaban J connectivity index is 2.45. The fourth-order valence-corrected chi connectivity index (χ4v) is 1.82. The molecule has 0 aliphatic heterocycles. The number of carbonyl (C=O) groups excluding carboxylic acids is 1. The van der Waals surface area contributed by atoms with Crippen molar-refractivity contribution in [1.82, 2.24) is 5.32 Å². The van der Waals surface area contributed by atoms with E-state index in [0.717, 1.165) is 18.4 Å². The van der Waals surface area contributed by atoms with Crippen molar-refractivity contribution in [3.05, 3.63) is 35.9 Å². The van der Waals surface area contributed by atoms with E-state index >= 15 is 0 Å². The Bertz CT molecular complexity index is 403. The average molecular weight is 263 g/mol. The lowest BCUT2D eigenvalue weighted by molar-refractivity contribution is -0.142. The van der Waals surface area contributed by atoms with Crippen LogP contribution >= 0.6 is 0 Å². The molecule has 0 fully saturated rings. The van der Waals surface area contributed by atoms with Crippen LogP contribution in [0.4, 0.5) is 0 Å². The van der Waals surface area contributed by atoms with E-state index in [2.05, 4.69) is 5.32 Å². The monoisotopic (exact) mass is 263 g/mol. The second-order valence-electron chi connectivity index (χ2n) is 4.59. The summed E-state index contributed by atoms with van der Waals surface area (Å²) < 4.78 is 0. The Morgan fingerprint density at radius 3 is 2.53 bits per heavy atom. The number of unbranched alkanes of at least 4 members (excludes halogenated alkanes) is 1. The van der Waals surface area contributed by atoms with Gasteiger partial charge in [-0.2, -0.15) is 0 Å². The van der Waals surface area contributed by atoms with Crippen molar-refractivity contribution in [2.75, 3.05) is 0 Å². The standard InChI is InChI=1S/C15H21NO3/c1-2-3-9-14(17)16-13(15(18)19)11-10-12-7-5-4-6-8-12/h4-8,13H,2-3,9-11H2,1H3,(H,16,17)(H,18,19)/t13-/m0/s1. The number of carboxylic acid groups (broad SMARTS) is 1. The average Bonchev–Trinajstić information content (AvgIpc) is 2.42. The summed E-state index contributed by atoms with van der Waals surface area (Å²) in [5.74, 6) is -1.15. The number of rotatable bonds is 8. The molecule has 4 heteroatoms. The highest BCUT2D eigenvalue weighted by Crippen LogP contribution is 2.06. The summed E-state index contributed by atoms with van der Waals surface area (Å²) in [4.78, 5) is 22.7. The number of benzene rings is 1. The van der Waals surface area contributed by atoms with Crippen molar-refractivity contribution in [2.24, 2.45) is 0 Å². The predicted molar refractivity (Wildman–Crippen MR) is 73.9 cm³/mol. The van der Waals surface area contributed by atoms with E-state index in [1.165, 1.54) is 0 Å². The fraction of sp³-hybridized carbons (Fsp3) is 0.467. The number of aryl methyl sites for hydroxylation is 1. The van der Waals surface area contributed by atoms with Crippen LogP contribution in [0, 0.1) is 0 Å². The third-order valence-corrected chi connectivity index (χ3v) is 2.96. The van der Waals surface area contributed by atoms with Gasteiger partial charge in [0.2, 0.25) is 5.91 Å². The van der Waals surface area contributed by atoms with Crippen molar-refractivity contribution in [1.29, 1.82) is 0 Å². The Morgan fingerprint density at radius 1 is 1.26 bits per heavy atom. The van der Waals surface area contributed by atoms with Gasteiger partial charge in [-0.25, -0.2) is 4.79 Å². The van der Waals surface area contributed by atoms with Gasteiger partial charge < -0.3 is 10.4 Å². The lowest BCUT2D eigenvalue weighted by atomic mass is 10.1. The second kappa shape index (κ2) is 8.29. The van der Waals surface area contributed by atoms with Gasteiger partial charge >= 0.3 is 5.97 Å². The molecular weight excluding hydrogens is 242 g/mol. The first kappa shape index (κ1) is 15.2. The molecule has 0 bridgehead atoms. The number of hydrogen-bond donors (Lipinski definition) is 2. The third kappa shape index (κ3) is 6.04. The van der Waals surface area contributed by atoms with Crippen molar-refractivity contribution in [3.8, 4) is 0 Å². The molecule has 1 aromatic rings. The van der Waals surface area contributed by atoms with Crippen LogP contribution < -0.4 is 5.32 Å². The zero-order chi connectivity index (χ0) is 14.1. The number of carbonyl (C=O) groups is 2. The SMILES string of the molecule is CCCCC(=O)N[C@@H](CCc1ccccc1)C(=O)O. The van der Waals surface area contributed by atoms with E-state index in [-0.39, 0.29) is 5.91 Å². The number of aliphatic carboxylic acids is 1. The maximum Gasteiger partial charge on any atom is 0.326 e. The highest BCUT2D eigenvalue weighted by atomic mass is 16.4. The Hall–Kier alpha value is -1.84. The number of carboxylic acids is 1. The van der Waals surface area contributed by atoms with Crippen molar-refractivity contribution in [3.63, 3.8) is 0 Å². The first-order valence-corrected chi connectivity index (χ1v) is 6.69. The van der Waals surface area contributed by atoms with Gasteiger partial charge in [-0.15, -0.1) is 0 Å². The molecule has 0 unspecified atom stereocenters. The predicted octanol–water partition coefficient (Wildman–Crippen LogP) is 2.38. The molecule has 0 heterocycles. The molecule has 0 aliphatic rings. The van der Waals surface area contributed by atoms with Gasteiger partial charge in [-0.3, -0.25) is 4.79 Å². The molecule has 0 spiro atoms. The maximum atomic E-state index is 11.6. The van der Waals surface area contributed by atoms with E-state index in [0.29, 0.717) is 19.3 Å². The number of nitrogens with one attached hydrogen (secondary N) is 1. The highest BCUT2D eigenvalue weighted by Gasteiger charge is 2.19. The first-order valence-electron chi connectivity index (χ1n) is 6.69. The van der Waals surface area contributed by atoms with Crippen LogP contribution in [-0.4, -0.2) is 23.0 Å². The molecule has 0 aliphatic carbocycles. The minimum absolute atomic E-state index is 0.178. The summed E-state index contributed by atoms with van der Waals surface area (Å²) in [6.45, 7) is 2.00. The van der Waals surface area contributed by atoms with Crippen LogP contribution in [0.25, 0.3) is 0 Å². The molecule has 4 nitrogen and oxygen atoms in total. The Morgan fingerprint density at radius 2 is 1.95 bits per heavy atom. The number of hydrogen-bond acceptors (Lipinski definition) is 2. The van der Waals surface area contributed by atoms with Crippen LogP contribution in [0.1, 0.15) is 38.2 Å². The lowest BCUT2D eigenvalue weighted by Gasteiger charge is -2.14. The summed E-state index contributed by atoms with van der Waals surface area (Å²) >= 11 is 0. The normalized spacial score (nSPS) is 11.8. The van der Waals surface area contributed by atoms with Crippen molar-refractivity contribution >= 4 is 11.9 Å². The molecule has 0 aromatic heterocycles. The minimum Gasteiger partial charge on any atom is -0.480 e. The maximum absolute atomic E-state index is 11.6. The van der Waals surface area contributed by atoms with Gasteiger partial charge in [-0.05, 0) is 24.8 Å². The van der Waals surface area contributed by atoms with Crippen LogP contribution in [0.3, 0.4) is 0 Å². The molecule has 0 radical (unpaired) electrons. The van der Waals surface area contributed by atoms with Gasteiger partial charge in [0.25, 0.3) is 0 Å². The van der Waals surface area contributed by atoms with E-state index in [9.17, 15) is 9.59 Å². The van der Waals surface area contributed by atoms with Gasteiger partial charge in [0.1, 0.15) is 6.04 Å². The van der Waals surface area contributed by atoms with Crippen LogP contribution in [0.5, 0.6) is 0 Å². The van der Waals surface area contributed by atoms with Crippen LogP contribution in [0.2, 0.25) is 0 Å². The van der Waals surface area contributed by atoms with Crippen molar-refractivity contribution in [2.45, 2.75) is 45.1 Å². The summed E-state index contributed by atoms with van der Waals surface area (Å²) in [7, 11) is 0. The van der Waals surface area contributed by atoms with Gasteiger partial charge in [0.15, 0.2) is 0 Å². The quantitative estimate of drug-likeness (QED) is 0.756. The van der Waals surface area contributed by atoms with Gasteiger partial charge in [0.05, 0.1) is 0 Å². The molecule has 0 saturated carbocycles. The van der Waals surface area contributed by atoms with Gasteiger partial charge in [0, 0.05) is 6.42 Å². The zero-order valence-electron chi connectivity index (χ0n) is 11.3. The molecule has 1 rings (SSSR count). The van der Waals surface area contributed by atoms with E-state index in [4.69, 9.17) is 5.11 Å². The summed E-state index contributed by atoms with van der Waals surface area (Å²) in [5, 5.41) is 11.7. The molecule has 1 amide bonds. The van der Waals surface area contributed by atoms with E-state index < -0.39 is 12.0 Å². The fourth-order valence-electron chi connectivity index (χ4n) is 1.82. The number of amides is 1. The first-order chi connectivity index (χ1) is 9.13. The Kier molecular flexibility index (Phi) is 6.64. The van der Waals surface area contributed by atoms with E-state index in [1.807, 2.05) is 37.3 Å². The largest absolute Gasteiger partial charge is 0.480 e. The van der Waals surface area contributed by atoms with Gasteiger partial charge in [-0.1, -0.05) is 43.7 Å². The summed E-state index contributed by atoms with van der Waals surface area (Å²) in [6.07, 6.45) is 3.17. The molecule has 2 N–H and O–H groups in total. The minimum atomic E-state index is -0.972. The van der Waals surface area contributed by atoms with Crippen LogP contribution in [0.15, 0.2) is 30.3 Å². The van der Waals surface area contributed by atoms with Crippen LogP contribution in [-0.2, 0) is 16.0 Å². The topological polar surface area (TPSA) is 66.4 Å². The molecule has 19 heavy (non-hydrogen) atoms. The zero-order valence-corrected chi connectivity index (χ0v) is 11.3. The smallest absolute Gasteiger partial charge is 0.326 e. The van der Waals surface area contributed by atoms with E-state index in [1.54, 1.807) is 0 Å². The summed E-state index contributed by atoms with van der Waals surface area (Å²) in [6, 6.07) is 8.88. The molecule has 1 aromatic carbocycles. The molecule has 104 valence electrons. The molecular formula is C15H21NO3. The second-order valence-corrected chi connectivity index (χ2v) is 4.59. The highest BCUT2D eigenvalue weighted by molar-refractivity contribution is 5.83. The summed E-state index contributed by atoms with van der Waals surface area (Å²) in [5.41, 5.74) is 1.08. The Labute approximate surface area is 113 Å². The third-order valence-electron chi connectivity index (χ3n) is 2.96. The van der Waals surface area contributed by atoms with Crippen molar-refractivity contribution < 1.29 is 14.7 Å². The lowest BCUT2D eigenvalue weighted by Crippen LogP contribution is -2.41.